The molecule has 0 spiro atoms. The lowest BCUT2D eigenvalue weighted by atomic mass is 10.3. The van der Waals surface area contributed by atoms with Crippen LogP contribution in [0.15, 0.2) is 40.8 Å². The zero-order valence-electron chi connectivity index (χ0n) is 6.49. The number of anilines is 1. The van der Waals surface area contributed by atoms with Gasteiger partial charge in [-0.05, 0) is 12.1 Å². The molecule has 1 N–H and O–H groups in total. The summed E-state index contributed by atoms with van der Waals surface area (Å²) in [5.74, 6) is 0. The number of nitrogens with one attached hydrogen (secondary N) is 1. The predicted molar refractivity (Wildman–Crippen MR) is 58.2 cm³/mol. The second-order valence-corrected chi connectivity index (χ2v) is 4.64. The summed E-state index contributed by atoms with van der Waals surface area (Å²) in [6.07, 6.45) is 0. The Labute approximate surface area is 80.6 Å². The fourth-order valence-corrected chi connectivity index (χ4v) is 2.90. The minimum absolute atomic E-state index is 1.13. The summed E-state index contributed by atoms with van der Waals surface area (Å²) in [6, 6.07) is 10.2. The van der Waals surface area contributed by atoms with Gasteiger partial charge in [-0.15, -0.1) is 11.8 Å². The van der Waals surface area contributed by atoms with Crippen LogP contribution in [0.25, 0.3) is 0 Å². The first kappa shape index (κ1) is 8.08. The maximum atomic E-state index is 3.34. The molecule has 1 aliphatic heterocycles. The number of thioether (sulfide) groups is 2. The van der Waals surface area contributed by atoms with Crippen LogP contribution in [0.2, 0.25) is 0 Å². The summed E-state index contributed by atoms with van der Waals surface area (Å²) < 4.78 is 0. The van der Waals surface area contributed by atoms with E-state index in [4.69, 9.17) is 0 Å². The van der Waals surface area contributed by atoms with Crippen molar-refractivity contribution in [1.82, 2.24) is 0 Å². The van der Waals surface area contributed by atoms with E-state index in [2.05, 4.69) is 22.9 Å². The van der Waals surface area contributed by atoms with Gasteiger partial charge in [-0.25, -0.2) is 0 Å². The van der Waals surface area contributed by atoms with Crippen LogP contribution >= 0.6 is 23.5 Å². The molecule has 3 heteroatoms. The number of benzene rings is 1. The number of hydrogen-bond acceptors (Lipinski definition) is 3. The van der Waals surface area contributed by atoms with Crippen molar-refractivity contribution in [1.29, 1.82) is 0 Å². The quantitative estimate of drug-likeness (QED) is 0.777. The molecule has 0 saturated carbocycles. The molecule has 1 aromatic rings. The van der Waals surface area contributed by atoms with Gasteiger partial charge < -0.3 is 5.32 Å². The van der Waals surface area contributed by atoms with Gasteiger partial charge in [-0.3, -0.25) is 0 Å². The molecule has 0 saturated heterocycles. The molecule has 1 aromatic carbocycles. The fourth-order valence-electron chi connectivity index (χ4n) is 0.971. The van der Waals surface area contributed by atoms with Crippen molar-refractivity contribution in [3.63, 3.8) is 0 Å². The van der Waals surface area contributed by atoms with Gasteiger partial charge in [-0.2, -0.15) is 0 Å². The first-order chi connectivity index (χ1) is 5.95. The monoisotopic (exact) mass is 195 g/mol. The standard InChI is InChI=1S/C9H9NS2/c1-2-4-8(5-3-1)10-9-6-11-7-12-9/h1-6,10H,7H2. The molecule has 1 heterocycles. The fraction of sp³-hybridized carbons (Fsp3) is 0.111. The third-order valence-electron chi connectivity index (χ3n) is 1.51. The molecule has 62 valence electrons. The molecule has 2 rings (SSSR count). The lowest BCUT2D eigenvalue weighted by Gasteiger charge is -2.04. The summed E-state index contributed by atoms with van der Waals surface area (Å²) >= 11 is 3.69. The van der Waals surface area contributed by atoms with Crippen molar-refractivity contribution in [3.05, 3.63) is 40.8 Å². The van der Waals surface area contributed by atoms with E-state index in [1.54, 1.807) is 0 Å². The van der Waals surface area contributed by atoms with E-state index in [-0.39, 0.29) is 0 Å². The first-order valence-electron chi connectivity index (χ1n) is 3.72. The highest BCUT2D eigenvalue weighted by atomic mass is 32.2. The largest absolute Gasteiger partial charge is 0.350 e. The average Bonchev–Trinajstić information content (AvgIpc) is 2.59. The predicted octanol–water partition coefficient (Wildman–Crippen LogP) is 3.33. The van der Waals surface area contributed by atoms with Crippen LogP contribution in [-0.4, -0.2) is 5.08 Å². The van der Waals surface area contributed by atoms with Crippen molar-refractivity contribution in [2.45, 2.75) is 0 Å². The Balaban J connectivity index is 2.04. The van der Waals surface area contributed by atoms with Gasteiger partial charge in [0.2, 0.25) is 0 Å². The van der Waals surface area contributed by atoms with Crippen LogP contribution in [0.3, 0.4) is 0 Å². The highest BCUT2D eigenvalue weighted by Gasteiger charge is 2.04. The van der Waals surface area contributed by atoms with Crippen LogP contribution in [-0.2, 0) is 0 Å². The van der Waals surface area contributed by atoms with Crippen molar-refractivity contribution in [2.75, 3.05) is 10.4 Å². The zero-order valence-corrected chi connectivity index (χ0v) is 8.12. The smallest absolute Gasteiger partial charge is 0.0798 e. The van der Waals surface area contributed by atoms with Crippen molar-refractivity contribution in [3.8, 4) is 0 Å². The zero-order chi connectivity index (χ0) is 8.23. The average molecular weight is 195 g/mol. The molecular formula is C9H9NS2. The Morgan fingerprint density at radius 1 is 1.17 bits per heavy atom. The third-order valence-corrected chi connectivity index (χ3v) is 3.61. The topological polar surface area (TPSA) is 12.0 Å². The normalized spacial score (nSPS) is 15.8. The molecule has 0 unspecified atom stereocenters. The van der Waals surface area contributed by atoms with E-state index >= 15 is 0 Å². The summed E-state index contributed by atoms with van der Waals surface area (Å²) in [5.41, 5.74) is 1.17. The number of rotatable bonds is 2. The molecule has 12 heavy (non-hydrogen) atoms. The molecule has 0 amide bonds. The third kappa shape index (κ3) is 1.99. The highest BCUT2D eigenvalue weighted by Crippen LogP contribution is 2.32. The van der Waals surface area contributed by atoms with Gasteiger partial charge in [0.1, 0.15) is 0 Å². The Kier molecular flexibility index (Phi) is 2.64. The summed E-state index contributed by atoms with van der Waals surface area (Å²) in [6.45, 7) is 0. The molecule has 1 nitrogen and oxygen atoms in total. The molecule has 0 bridgehead atoms. The summed E-state index contributed by atoms with van der Waals surface area (Å²) in [4.78, 5) is 0. The number of hydrogen-bond donors (Lipinski definition) is 1. The lowest BCUT2D eigenvalue weighted by molar-refractivity contribution is 1.57. The van der Waals surface area contributed by atoms with Gasteiger partial charge in [0.15, 0.2) is 0 Å². The number of para-hydroxylation sites is 1. The summed E-state index contributed by atoms with van der Waals surface area (Å²) in [5, 5.41) is 7.90. The Bertz CT molecular complexity index is 282. The molecule has 1 aliphatic rings. The van der Waals surface area contributed by atoms with Crippen molar-refractivity contribution >= 4 is 29.2 Å². The van der Waals surface area contributed by atoms with Gasteiger partial charge in [0, 0.05) is 16.2 Å². The van der Waals surface area contributed by atoms with Crippen LogP contribution in [0.5, 0.6) is 0 Å². The van der Waals surface area contributed by atoms with Crippen molar-refractivity contribution < 1.29 is 0 Å². The van der Waals surface area contributed by atoms with Gasteiger partial charge in [0.25, 0.3) is 0 Å². The van der Waals surface area contributed by atoms with Crippen molar-refractivity contribution in [2.24, 2.45) is 0 Å². The second kappa shape index (κ2) is 3.92. The molecular weight excluding hydrogens is 186 g/mol. The summed E-state index contributed by atoms with van der Waals surface area (Å²) in [7, 11) is 0. The van der Waals surface area contributed by atoms with Crippen LogP contribution in [0, 0.1) is 0 Å². The Hall–Kier alpha value is -0.540. The highest BCUT2D eigenvalue weighted by molar-refractivity contribution is 8.22. The SMILES string of the molecule is C1=C(Nc2ccccc2)SCS1. The van der Waals surface area contributed by atoms with E-state index in [9.17, 15) is 0 Å². The molecule has 0 radical (unpaired) electrons. The molecule has 0 aromatic heterocycles. The lowest BCUT2D eigenvalue weighted by Crippen LogP contribution is -1.92. The maximum Gasteiger partial charge on any atom is 0.0798 e. The van der Waals surface area contributed by atoms with Gasteiger partial charge >= 0.3 is 0 Å². The molecule has 0 aliphatic carbocycles. The van der Waals surface area contributed by atoms with E-state index < -0.39 is 0 Å². The maximum absolute atomic E-state index is 3.34. The van der Waals surface area contributed by atoms with Crippen LogP contribution < -0.4 is 5.32 Å². The second-order valence-electron chi connectivity index (χ2n) is 2.40. The van der Waals surface area contributed by atoms with E-state index in [0.717, 1.165) is 5.08 Å². The van der Waals surface area contributed by atoms with E-state index in [1.807, 2.05) is 41.7 Å². The van der Waals surface area contributed by atoms with Crippen LogP contribution in [0.1, 0.15) is 0 Å². The molecule has 0 fully saturated rings. The van der Waals surface area contributed by atoms with Gasteiger partial charge in [0.05, 0.1) is 5.03 Å². The molecule has 0 atom stereocenters. The van der Waals surface area contributed by atoms with Crippen LogP contribution in [0.4, 0.5) is 5.69 Å². The van der Waals surface area contributed by atoms with E-state index in [1.165, 1.54) is 10.7 Å². The Morgan fingerprint density at radius 2 is 2.00 bits per heavy atom. The Morgan fingerprint density at radius 3 is 2.67 bits per heavy atom. The first-order valence-corrected chi connectivity index (χ1v) is 5.75. The minimum Gasteiger partial charge on any atom is -0.350 e. The minimum atomic E-state index is 1.13. The van der Waals surface area contributed by atoms with Gasteiger partial charge in [-0.1, -0.05) is 30.0 Å². The van der Waals surface area contributed by atoms with E-state index in [0.29, 0.717) is 0 Å².